The van der Waals surface area contributed by atoms with E-state index in [0.29, 0.717) is 0 Å². The lowest BCUT2D eigenvalue weighted by Crippen LogP contribution is -1.92. The number of nitro groups is 1. The smallest absolute Gasteiger partial charge is 0.258 e. The summed E-state index contributed by atoms with van der Waals surface area (Å²) >= 11 is 17.8. The van der Waals surface area contributed by atoms with Crippen LogP contribution in [0, 0.1) is 15.9 Å². The van der Waals surface area contributed by atoms with Gasteiger partial charge in [-0.15, -0.1) is 0 Å². The van der Waals surface area contributed by atoms with Crippen LogP contribution in [0.4, 0.5) is 10.1 Å². The van der Waals surface area contributed by atoms with E-state index in [9.17, 15) is 14.5 Å². The highest BCUT2D eigenvalue weighted by Crippen LogP contribution is 2.41. The molecular weight excluding hydrogens is 315 g/mol. The Hall–Kier alpha value is -1.36. The second kappa shape index (κ2) is 5.33. The van der Waals surface area contributed by atoms with Crippen LogP contribution in [0.1, 0.15) is 0 Å². The fraction of sp³-hybridized carbons (Fsp3) is 0. The molecule has 0 bridgehead atoms. The van der Waals surface area contributed by atoms with Crippen molar-refractivity contribution in [2.45, 2.75) is 0 Å². The minimum atomic E-state index is -0.670. The summed E-state index contributed by atoms with van der Waals surface area (Å²) in [5, 5.41) is 11.1. The average molecular weight is 321 g/mol. The Morgan fingerprint density at radius 2 is 1.68 bits per heavy atom. The Morgan fingerprint density at radius 1 is 1.05 bits per heavy atom. The number of hydrogen-bond acceptors (Lipinski definition) is 2. The molecule has 0 atom stereocenters. The Bertz CT molecular complexity index is 676. The van der Waals surface area contributed by atoms with Crippen LogP contribution in [0.5, 0.6) is 0 Å². The first-order valence-electron chi connectivity index (χ1n) is 4.99. The van der Waals surface area contributed by atoms with Gasteiger partial charge in [0.05, 0.1) is 20.0 Å². The third-order valence-electron chi connectivity index (χ3n) is 2.47. The van der Waals surface area contributed by atoms with Gasteiger partial charge in [-0.25, -0.2) is 4.39 Å². The molecule has 0 radical (unpaired) electrons. The number of benzene rings is 2. The zero-order valence-corrected chi connectivity index (χ0v) is 11.4. The van der Waals surface area contributed by atoms with Gasteiger partial charge in [-0.2, -0.15) is 0 Å². The van der Waals surface area contributed by atoms with Crippen LogP contribution in [0.15, 0.2) is 30.3 Å². The van der Waals surface area contributed by atoms with Crippen LogP contribution in [0.25, 0.3) is 11.1 Å². The quantitative estimate of drug-likeness (QED) is 0.424. The van der Waals surface area contributed by atoms with Crippen molar-refractivity contribution < 1.29 is 9.31 Å². The summed E-state index contributed by atoms with van der Waals surface area (Å²) in [5.41, 5.74) is -0.188. The Balaban J connectivity index is 2.75. The van der Waals surface area contributed by atoms with Crippen LogP contribution in [-0.4, -0.2) is 4.92 Å². The lowest BCUT2D eigenvalue weighted by atomic mass is 10.0. The van der Waals surface area contributed by atoms with E-state index in [1.54, 1.807) is 0 Å². The molecule has 0 fully saturated rings. The lowest BCUT2D eigenvalue weighted by Gasteiger charge is -2.09. The van der Waals surface area contributed by atoms with Gasteiger partial charge in [-0.05, 0) is 18.2 Å². The summed E-state index contributed by atoms with van der Waals surface area (Å²) in [7, 11) is 0. The molecule has 0 unspecified atom stereocenters. The monoisotopic (exact) mass is 319 g/mol. The maximum atomic E-state index is 13.8. The highest BCUT2D eigenvalue weighted by atomic mass is 35.5. The fourth-order valence-corrected chi connectivity index (χ4v) is 2.32. The van der Waals surface area contributed by atoms with Crippen molar-refractivity contribution in [1.82, 2.24) is 0 Å². The summed E-state index contributed by atoms with van der Waals surface area (Å²) in [5.74, 6) is -0.670. The molecule has 2 rings (SSSR count). The van der Waals surface area contributed by atoms with Gasteiger partial charge in [-0.1, -0.05) is 34.8 Å². The molecule has 0 N–H and O–H groups in total. The summed E-state index contributed by atoms with van der Waals surface area (Å²) in [6.45, 7) is 0. The van der Waals surface area contributed by atoms with Gasteiger partial charge in [0, 0.05) is 23.3 Å². The normalized spacial score (nSPS) is 10.5. The topological polar surface area (TPSA) is 43.1 Å². The van der Waals surface area contributed by atoms with E-state index in [1.807, 2.05) is 0 Å². The second-order valence-electron chi connectivity index (χ2n) is 3.64. The molecule has 0 aliphatic rings. The van der Waals surface area contributed by atoms with E-state index in [2.05, 4.69) is 0 Å². The van der Waals surface area contributed by atoms with Gasteiger partial charge in [0.1, 0.15) is 5.82 Å². The fourth-order valence-electron chi connectivity index (χ4n) is 1.59. The molecule has 3 nitrogen and oxygen atoms in total. The zero-order chi connectivity index (χ0) is 14.2. The minimum absolute atomic E-state index is 0.0496. The average Bonchev–Trinajstić information content (AvgIpc) is 2.36. The molecule has 98 valence electrons. The van der Waals surface area contributed by atoms with Crippen molar-refractivity contribution in [2.75, 3.05) is 0 Å². The van der Waals surface area contributed by atoms with Crippen LogP contribution in [0.2, 0.25) is 15.1 Å². The molecule has 19 heavy (non-hydrogen) atoms. The van der Waals surface area contributed by atoms with Crippen LogP contribution < -0.4 is 0 Å². The van der Waals surface area contributed by atoms with Crippen molar-refractivity contribution in [3.05, 3.63) is 61.3 Å². The van der Waals surface area contributed by atoms with Crippen LogP contribution >= 0.6 is 34.8 Å². The number of nitro benzene ring substituents is 1. The summed E-state index contributed by atoms with van der Waals surface area (Å²) in [4.78, 5) is 10.1. The summed E-state index contributed by atoms with van der Waals surface area (Å²) in [6, 6.07) is 6.03. The Morgan fingerprint density at radius 3 is 2.32 bits per heavy atom. The zero-order valence-electron chi connectivity index (χ0n) is 9.16. The molecule has 7 heteroatoms. The van der Waals surface area contributed by atoms with E-state index in [-0.39, 0.29) is 31.9 Å². The predicted molar refractivity (Wildman–Crippen MR) is 73.5 cm³/mol. The van der Waals surface area contributed by atoms with Gasteiger partial charge in [0.15, 0.2) is 0 Å². The third kappa shape index (κ3) is 2.66. The first kappa shape index (κ1) is 14.1. The predicted octanol–water partition coefficient (Wildman–Crippen LogP) is 5.36. The number of rotatable bonds is 2. The first-order chi connectivity index (χ1) is 8.91. The lowest BCUT2D eigenvalue weighted by molar-refractivity contribution is -0.384. The molecule has 0 aliphatic carbocycles. The molecule has 2 aromatic rings. The highest BCUT2D eigenvalue weighted by Gasteiger charge is 2.18. The van der Waals surface area contributed by atoms with Crippen LogP contribution in [-0.2, 0) is 0 Å². The maximum absolute atomic E-state index is 13.8. The second-order valence-corrected chi connectivity index (χ2v) is 4.83. The number of nitrogens with zero attached hydrogens (tertiary/aromatic N) is 1. The SMILES string of the molecule is O=[N+]([O-])c1ccc(F)c(-c2c(Cl)ccc(Cl)c2Cl)c1. The molecule has 0 saturated heterocycles. The van der Waals surface area contributed by atoms with Gasteiger partial charge in [0.25, 0.3) is 5.69 Å². The van der Waals surface area contributed by atoms with E-state index >= 15 is 0 Å². The molecule has 2 aromatic carbocycles. The standard InChI is InChI=1S/C12H5Cl3FNO2/c13-8-2-3-9(14)12(15)11(8)7-5-6(17(18)19)1-4-10(7)16/h1-5H. The van der Waals surface area contributed by atoms with Gasteiger partial charge < -0.3 is 0 Å². The molecule has 0 saturated carbocycles. The molecule has 0 heterocycles. The number of non-ortho nitro benzene ring substituents is 1. The molecule has 0 spiro atoms. The summed E-state index contributed by atoms with van der Waals surface area (Å²) in [6.07, 6.45) is 0. The number of hydrogen-bond donors (Lipinski definition) is 0. The van der Waals surface area contributed by atoms with Gasteiger partial charge in [0.2, 0.25) is 0 Å². The summed E-state index contributed by atoms with van der Waals surface area (Å²) < 4.78 is 13.8. The van der Waals surface area contributed by atoms with Crippen molar-refractivity contribution >= 4 is 40.5 Å². The highest BCUT2D eigenvalue weighted by molar-refractivity contribution is 6.46. The molecule has 0 aliphatic heterocycles. The largest absolute Gasteiger partial charge is 0.270 e. The Kier molecular flexibility index (Phi) is 3.94. The van der Waals surface area contributed by atoms with E-state index in [0.717, 1.165) is 18.2 Å². The van der Waals surface area contributed by atoms with Crippen molar-refractivity contribution in [3.8, 4) is 11.1 Å². The minimum Gasteiger partial charge on any atom is -0.258 e. The number of halogens is 4. The first-order valence-corrected chi connectivity index (χ1v) is 6.13. The molecule has 0 aromatic heterocycles. The van der Waals surface area contributed by atoms with Gasteiger partial charge >= 0.3 is 0 Å². The van der Waals surface area contributed by atoms with Crippen molar-refractivity contribution in [3.63, 3.8) is 0 Å². The molecule has 0 amide bonds. The van der Waals surface area contributed by atoms with Gasteiger partial charge in [-0.3, -0.25) is 10.1 Å². The molecular formula is C12H5Cl3FNO2. The van der Waals surface area contributed by atoms with Crippen molar-refractivity contribution in [1.29, 1.82) is 0 Å². The van der Waals surface area contributed by atoms with Crippen LogP contribution in [0.3, 0.4) is 0 Å². The van der Waals surface area contributed by atoms with E-state index in [1.165, 1.54) is 12.1 Å². The van der Waals surface area contributed by atoms with Crippen molar-refractivity contribution in [2.24, 2.45) is 0 Å². The third-order valence-corrected chi connectivity index (χ3v) is 3.59. The Labute approximate surface area is 122 Å². The maximum Gasteiger partial charge on any atom is 0.270 e. The van der Waals surface area contributed by atoms with E-state index in [4.69, 9.17) is 34.8 Å². The van der Waals surface area contributed by atoms with E-state index < -0.39 is 10.7 Å².